The van der Waals surface area contributed by atoms with Crippen LogP contribution in [0.5, 0.6) is 0 Å². The van der Waals surface area contributed by atoms with Crippen molar-refractivity contribution in [3.8, 4) is 0 Å². The molecule has 0 bridgehead atoms. The summed E-state index contributed by atoms with van der Waals surface area (Å²) < 4.78 is 5.61. The van der Waals surface area contributed by atoms with Gasteiger partial charge < -0.3 is 9.64 Å². The molecule has 1 amide bonds. The standard InChI is InChI=1S/C17H20N2O2S/c1-7-12-10(4)14(11(5)13(8-2)18(12)6)15-16(20)19(9-3)17(22)21-15/h7-8H,1-2,9H2,3-6H3. The first kappa shape index (κ1) is 16.2. The molecule has 1 saturated heterocycles. The van der Waals surface area contributed by atoms with E-state index in [1.807, 2.05) is 32.7 Å². The van der Waals surface area contributed by atoms with Crippen LogP contribution in [0.4, 0.5) is 0 Å². The van der Waals surface area contributed by atoms with Crippen LogP contribution in [0.1, 0.15) is 20.8 Å². The summed E-state index contributed by atoms with van der Waals surface area (Å²) in [5.74, 6) is 0.0891. The van der Waals surface area contributed by atoms with Gasteiger partial charge in [-0.3, -0.25) is 9.69 Å². The lowest BCUT2D eigenvalue weighted by Gasteiger charge is -2.32. The molecule has 0 radical (unpaired) electrons. The second-order valence-corrected chi connectivity index (χ2v) is 5.46. The normalized spacial score (nSPS) is 19.3. The highest BCUT2D eigenvalue weighted by Crippen LogP contribution is 2.38. The van der Waals surface area contributed by atoms with Crippen molar-refractivity contribution in [2.24, 2.45) is 0 Å². The number of hydrogen-bond acceptors (Lipinski definition) is 4. The molecule has 116 valence electrons. The molecule has 0 atom stereocenters. The number of carbonyl (C=O) groups excluding carboxylic acids is 1. The fourth-order valence-corrected chi connectivity index (χ4v) is 3.21. The van der Waals surface area contributed by atoms with Crippen molar-refractivity contribution in [1.82, 2.24) is 9.80 Å². The summed E-state index contributed by atoms with van der Waals surface area (Å²) in [5, 5.41) is 0.204. The third-order valence-corrected chi connectivity index (χ3v) is 4.32. The van der Waals surface area contributed by atoms with E-state index in [1.165, 1.54) is 4.90 Å². The second-order valence-electron chi connectivity index (χ2n) is 5.11. The van der Waals surface area contributed by atoms with Gasteiger partial charge in [0.25, 0.3) is 11.1 Å². The van der Waals surface area contributed by atoms with Gasteiger partial charge in [-0.2, -0.15) is 0 Å². The van der Waals surface area contributed by atoms with Crippen LogP contribution in [-0.2, 0) is 9.53 Å². The zero-order valence-corrected chi connectivity index (χ0v) is 14.2. The molecule has 2 aliphatic heterocycles. The number of likely N-dealkylation sites (N-methyl/N-ethyl adjacent to an activating group) is 2. The molecule has 0 spiro atoms. The Morgan fingerprint density at radius 3 is 2.05 bits per heavy atom. The third kappa shape index (κ3) is 2.22. The number of ether oxygens (including phenoxy) is 1. The molecule has 0 aliphatic carbocycles. The van der Waals surface area contributed by atoms with Crippen molar-refractivity contribution >= 4 is 23.3 Å². The zero-order valence-electron chi connectivity index (χ0n) is 13.4. The van der Waals surface area contributed by atoms with E-state index in [0.717, 1.165) is 28.1 Å². The summed E-state index contributed by atoms with van der Waals surface area (Å²) in [6.07, 6.45) is 3.53. The maximum Gasteiger partial charge on any atom is 0.297 e. The topological polar surface area (TPSA) is 32.8 Å². The van der Waals surface area contributed by atoms with Crippen LogP contribution < -0.4 is 0 Å². The van der Waals surface area contributed by atoms with Gasteiger partial charge in [0.1, 0.15) is 0 Å². The third-order valence-electron chi connectivity index (χ3n) is 4.02. The Morgan fingerprint density at radius 2 is 1.68 bits per heavy atom. The first-order valence-corrected chi connectivity index (χ1v) is 7.48. The molecular formula is C17H20N2O2S. The predicted molar refractivity (Wildman–Crippen MR) is 91.7 cm³/mol. The summed E-state index contributed by atoms with van der Waals surface area (Å²) in [6.45, 7) is 14.0. The lowest BCUT2D eigenvalue weighted by atomic mass is 9.90. The number of hydrogen-bond donors (Lipinski definition) is 0. The molecule has 2 heterocycles. The first-order valence-electron chi connectivity index (χ1n) is 7.08. The maximum atomic E-state index is 12.6. The van der Waals surface area contributed by atoms with Crippen molar-refractivity contribution in [1.29, 1.82) is 0 Å². The van der Waals surface area contributed by atoms with E-state index in [1.54, 1.807) is 12.2 Å². The molecule has 22 heavy (non-hydrogen) atoms. The summed E-state index contributed by atoms with van der Waals surface area (Å²) in [6, 6.07) is 0. The minimum atomic E-state index is -0.197. The Kier molecular flexibility index (Phi) is 4.37. The fourth-order valence-electron chi connectivity index (χ4n) is 2.91. The number of carbonyl (C=O) groups is 1. The summed E-state index contributed by atoms with van der Waals surface area (Å²) in [4.78, 5) is 16.0. The van der Waals surface area contributed by atoms with Crippen LogP contribution >= 0.6 is 12.2 Å². The van der Waals surface area contributed by atoms with Crippen LogP contribution in [0.2, 0.25) is 0 Å². The zero-order chi connectivity index (χ0) is 16.6. The summed E-state index contributed by atoms with van der Waals surface area (Å²) in [5.41, 5.74) is 4.47. The van der Waals surface area contributed by atoms with E-state index in [2.05, 4.69) is 13.2 Å². The van der Waals surface area contributed by atoms with Crippen LogP contribution in [0.3, 0.4) is 0 Å². The van der Waals surface area contributed by atoms with Gasteiger partial charge in [0.2, 0.25) is 5.76 Å². The number of nitrogens with zero attached hydrogens (tertiary/aromatic N) is 2. The van der Waals surface area contributed by atoms with E-state index in [0.29, 0.717) is 6.54 Å². The average molecular weight is 316 g/mol. The molecule has 2 aliphatic rings. The molecular weight excluding hydrogens is 296 g/mol. The van der Waals surface area contributed by atoms with Crippen molar-refractivity contribution in [2.75, 3.05) is 13.6 Å². The average Bonchev–Trinajstić information content (AvgIpc) is 2.74. The molecule has 0 N–H and O–H groups in total. The van der Waals surface area contributed by atoms with Gasteiger partial charge in [0.15, 0.2) is 0 Å². The molecule has 1 fully saturated rings. The van der Waals surface area contributed by atoms with Crippen molar-refractivity contribution < 1.29 is 9.53 Å². The number of amides is 1. The smallest absolute Gasteiger partial charge is 0.297 e. The molecule has 0 saturated carbocycles. The Labute approximate surface area is 136 Å². The molecule has 0 aromatic heterocycles. The van der Waals surface area contributed by atoms with Gasteiger partial charge >= 0.3 is 0 Å². The molecule has 4 nitrogen and oxygen atoms in total. The quantitative estimate of drug-likeness (QED) is 0.591. The molecule has 5 heteroatoms. The number of thiocarbonyl (C=S) groups is 1. The fraction of sp³-hybridized carbons (Fsp3) is 0.294. The highest BCUT2D eigenvalue weighted by Gasteiger charge is 2.37. The highest BCUT2D eigenvalue weighted by molar-refractivity contribution is 7.80. The van der Waals surface area contributed by atoms with Gasteiger partial charge in [-0.1, -0.05) is 13.2 Å². The Bertz CT molecular complexity index is 649. The van der Waals surface area contributed by atoms with Gasteiger partial charge in [-0.05, 0) is 56.3 Å². The largest absolute Gasteiger partial charge is 0.425 e. The van der Waals surface area contributed by atoms with Crippen LogP contribution in [-0.4, -0.2) is 34.5 Å². The van der Waals surface area contributed by atoms with Gasteiger partial charge in [0, 0.05) is 30.6 Å². The Hall–Kier alpha value is -2.14. The van der Waals surface area contributed by atoms with Crippen molar-refractivity contribution in [3.05, 3.63) is 59.2 Å². The van der Waals surface area contributed by atoms with E-state index >= 15 is 0 Å². The summed E-state index contributed by atoms with van der Waals surface area (Å²) in [7, 11) is 1.95. The minimum absolute atomic E-state index is 0.197. The van der Waals surface area contributed by atoms with Crippen molar-refractivity contribution in [2.45, 2.75) is 20.8 Å². The summed E-state index contributed by atoms with van der Waals surface area (Å²) >= 11 is 5.15. The molecule has 0 aromatic rings. The highest BCUT2D eigenvalue weighted by atomic mass is 32.1. The predicted octanol–water partition coefficient (Wildman–Crippen LogP) is 3.27. The lowest BCUT2D eigenvalue weighted by molar-refractivity contribution is -0.122. The SMILES string of the molecule is C=CC1=C(C)C(=C2OC(=S)N(CC)C2=O)C(C)=C(C=C)N1C. The Morgan fingerprint density at radius 1 is 1.18 bits per heavy atom. The number of allylic oxidation sites excluding steroid dienone is 5. The van der Waals surface area contributed by atoms with Crippen LogP contribution in [0, 0.1) is 0 Å². The van der Waals surface area contributed by atoms with Gasteiger partial charge in [0.05, 0.1) is 0 Å². The molecule has 0 unspecified atom stereocenters. The minimum Gasteiger partial charge on any atom is -0.425 e. The first-order chi connectivity index (χ1) is 10.4. The molecule has 0 aromatic carbocycles. The monoisotopic (exact) mass is 316 g/mol. The molecule has 2 rings (SSSR count). The van der Waals surface area contributed by atoms with Crippen molar-refractivity contribution in [3.63, 3.8) is 0 Å². The van der Waals surface area contributed by atoms with E-state index in [9.17, 15) is 4.79 Å². The van der Waals surface area contributed by atoms with Gasteiger partial charge in [-0.15, -0.1) is 0 Å². The van der Waals surface area contributed by atoms with E-state index < -0.39 is 0 Å². The van der Waals surface area contributed by atoms with Gasteiger partial charge in [-0.25, -0.2) is 0 Å². The second kappa shape index (κ2) is 5.93. The van der Waals surface area contributed by atoms with Crippen LogP contribution in [0.15, 0.2) is 59.2 Å². The van der Waals surface area contributed by atoms with E-state index in [4.69, 9.17) is 17.0 Å². The lowest BCUT2D eigenvalue weighted by Crippen LogP contribution is -2.28. The van der Waals surface area contributed by atoms with E-state index in [-0.39, 0.29) is 16.8 Å². The van der Waals surface area contributed by atoms with Crippen LogP contribution in [0.25, 0.3) is 0 Å². The maximum absolute atomic E-state index is 12.6. The Balaban J connectivity index is 2.74. The number of rotatable bonds is 3.